The average Bonchev–Trinajstić information content (AvgIpc) is 2.91. The maximum absolute atomic E-state index is 12.0. The summed E-state index contributed by atoms with van der Waals surface area (Å²) in [5, 5.41) is 0. The van der Waals surface area contributed by atoms with Crippen molar-refractivity contribution in [1.29, 1.82) is 0 Å². The lowest BCUT2D eigenvalue weighted by atomic mass is 9.85. The highest BCUT2D eigenvalue weighted by Crippen LogP contribution is 2.29. The average molecular weight is 504 g/mol. The van der Waals surface area contributed by atoms with E-state index in [1.54, 1.807) is 6.08 Å². The van der Waals surface area contributed by atoms with Crippen LogP contribution in [-0.2, 0) is 14.3 Å². The predicted octanol–water partition coefficient (Wildman–Crippen LogP) is 8.87. The Kier molecular flexibility index (Phi) is 17.2. The molecule has 0 N–H and O–H groups in total. The van der Waals surface area contributed by atoms with Crippen LogP contribution in [0, 0.1) is 17.8 Å². The number of unbranched alkanes of at least 4 members (excludes halogenated alkanes) is 7. The fraction of sp³-hybridized carbons (Fsp3) is 0.875. The van der Waals surface area contributed by atoms with E-state index in [0.717, 1.165) is 45.1 Å². The molecule has 0 aromatic heterocycles. The second-order valence-electron chi connectivity index (χ2n) is 11.4. The maximum atomic E-state index is 12.0. The van der Waals surface area contributed by atoms with Gasteiger partial charge in [0.05, 0.1) is 12.7 Å². The third kappa shape index (κ3) is 14.0. The molecule has 208 valence electrons. The zero-order valence-corrected chi connectivity index (χ0v) is 23.9. The van der Waals surface area contributed by atoms with Gasteiger partial charge in [-0.2, -0.15) is 0 Å². The number of nitrogens with zero attached hydrogens (tertiary/aromatic N) is 1. The van der Waals surface area contributed by atoms with Crippen molar-refractivity contribution < 1.29 is 14.3 Å². The molecule has 0 spiro atoms. The summed E-state index contributed by atoms with van der Waals surface area (Å²) in [6, 6.07) is 0.465. The van der Waals surface area contributed by atoms with Crippen LogP contribution < -0.4 is 0 Å². The molecule has 0 atom stereocenters. The van der Waals surface area contributed by atoms with Gasteiger partial charge in [0.15, 0.2) is 0 Å². The normalized spacial score (nSPS) is 25.2. The van der Waals surface area contributed by atoms with Crippen LogP contribution in [0.15, 0.2) is 17.1 Å². The number of carbonyl (C=O) groups excluding carboxylic acids is 1. The first-order valence-electron chi connectivity index (χ1n) is 15.6. The summed E-state index contributed by atoms with van der Waals surface area (Å²) >= 11 is 0. The lowest BCUT2D eigenvalue weighted by molar-refractivity contribution is -0.139. The van der Waals surface area contributed by atoms with Crippen molar-refractivity contribution in [3.63, 3.8) is 0 Å². The van der Waals surface area contributed by atoms with E-state index in [9.17, 15) is 4.79 Å². The number of ether oxygens (including phenoxy) is 2. The summed E-state index contributed by atoms with van der Waals surface area (Å²) < 4.78 is 11.6. The van der Waals surface area contributed by atoms with Crippen LogP contribution in [0.3, 0.4) is 0 Å². The molecule has 4 heteroatoms. The third-order valence-corrected chi connectivity index (χ3v) is 8.44. The number of aliphatic imine (C=N–C) groups is 1. The van der Waals surface area contributed by atoms with Gasteiger partial charge >= 0.3 is 5.97 Å². The van der Waals surface area contributed by atoms with Crippen LogP contribution in [0.1, 0.15) is 136 Å². The van der Waals surface area contributed by atoms with Crippen LogP contribution >= 0.6 is 0 Å². The van der Waals surface area contributed by atoms with E-state index in [2.05, 4.69) is 33.1 Å². The Bertz CT molecular complexity index is 597. The largest absolute Gasteiger partial charge is 0.462 e. The van der Waals surface area contributed by atoms with E-state index in [4.69, 9.17) is 14.5 Å². The van der Waals surface area contributed by atoms with Gasteiger partial charge in [-0.25, -0.2) is 4.79 Å². The number of rotatable bonds is 18. The smallest absolute Gasteiger partial charge is 0.330 e. The molecule has 2 aliphatic carbocycles. The molecule has 0 aliphatic heterocycles. The highest BCUT2D eigenvalue weighted by atomic mass is 16.5. The maximum Gasteiger partial charge on any atom is 0.330 e. The number of esters is 1. The second-order valence-corrected chi connectivity index (χ2v) is 11.4. The van der Waals surface area contributed by atoms with Crippen molar-refractivity contribution in [3.05, 3.63) is 12.2 Å². The molecule has 0 aromatic rings. The minimum atomic E-state index is -0.181. The first kappa shape index (κ1) is 31.1. The Labute approximate surface area is 223 Å². The van der Waals surface area contributed by atoms with Crippen molar-refractivity contribution in [2.24, 2.45) is 22.7 Å². The van der Waals surface area contributed by atoms with E-state index in [-0.39, 0.29) is 5.97 Å². The lowest BCUT2D eigenvalue weighted by Crippen LogP contribution is -2.23. The summed E-state index contributed by atoms with van der Waals surface area (Å²) in [4.78, 5) is 17.0. The molecule has 2 rings (SSSR count). The number of hydrogen-bond donors (Lipinski definition) is 0. The Morgan fingerprint density at radius 2 is 1.42 bits per heavy atom. The number of allylic oxidation sites excluding steroid dienone is 1. The van der Waals surface area contributed by atoms with E-state index in [1.807, 2.05) is 0 Å². The molecule has 2 saturated carbocycles. The van der Waals surface area contributed by atoms with Crippen molar-refractivity contribution in [2.75, 3.05) is 13.2 Å². The molecule has 0 radical (unpaired) electrons. The number of carbonyl (C=O) groups is 1. The molecule has 0 heterocycles. The minimum absolute atomic E-state index is 0.181. The molecule has 0 unspecified atom stereocenters. The van der Waals surface area contributed by atoms with E-state index < -0.39 is 0 Å². The van der Waals surface area contributed by atoms with Crippen molar-refractivity contribution in [1.82, 2.24) is 0 Å². The van der Waals surface area contributed by atoms with Gasteiger partial charge in [0.25, 0.3) is 0 Å². The lowest BCUT2D eigenvalue weighted by Gasteiger charge is -2.28. The quantitative estimate of drug-likeness (QED) is 0.0812. The van der Waals surface area contributed by atoms with Gasteiger partial charge < -0.3 is 9.47 Å². The Morgan fingerprint density at radius 1 is 0.806 bits per heavy atom. The van der Waals surface area contributed by atoms with Gasteiger partial charge in [0.1, 0.15) is 0 Å². The van der Waals surface area contributed by atoms with Gasteiger partial charge in [-0.3, -0.25) is 4.99 Å². The minimum Gasteiger partial charge on any atom is -0.462 e. The van der Waals surface area contributed by atoms with Gasteiger partial charge in [-0.1, -0.05) is 84.6 Å². The molecule has 2 aliphatic rings. The highest BCUT2D eigenvalue weighted by molar-refractivity contribution is 5.81. The third-order valence-electron chi connectivity index (χ3n) is 8.44. The van der Waals surface area contributed by atoms with Crippen LogP contribution in [0.5, 0.6) is 0 Å². The van der Waals surface area contributed by atoms with Crippen LogP contribution in [0.25, 0.3) is 0 Å². The molecular formula is C32H57NO3. The van der Waals surface area contributed by atoms with E-state index in [1.165, 1.54) is 77.0 Å². The van der Waals surface area contributed by atoms with Crippen molar-refractivity contribution in [2.45, 2.75) is 148 Å². The number of hydrogen-bond acceptors (Lipinski definition) is 4. The zero-order chi connectivity index (χ0) is 25.8. The summed E-state index contributed by atoms with van der Waals surface area (Å²) in [7, 11) is 0. The van der Waals surface area contributed by atoms with E-state index in [0.29, 0.717) is 36.5 Å². The first-order chi connectivity index (χ1) is 17.6. The van der Waals surface area contributed by atoms with Crippen molar-refractivity contribution >= 4 is 12.2 Å². The van der Waals surface area contributed by atoms with Crippen LogP contribution in [0.2, 0.25) is 0 Å². The molecular weight excluding hydrogens is 446 g/mol. The van der Waals surface area contributed by atoms with Gasteiger partial charge in [-0.05, 0) is 75.5 Å². The molecule has 0 aromatic carbocycles. The Hall–Kier alpha value is -1.16. The highest BCUT2D eigenvalue weighted by Gasteiger charge is 2.22. The van der Waals surface area contributed by atoms with Gasteiger partial charge in [-0.15, -0.1) is 0 Å². The second kappa shape index (κ2) is 19.9. The summed E-state index contributed by atoms with van der Waals surface area (Å²) in [5.41, 5.74) is 0. The molecule has 4 nitrogen and oxygen atoms in total. The molecule has 0 amide bonds. The summed E-state index contributed by atoms with van der Waals surface area (Å²) in [6.45, 7) is 8.08. The standard InChI is InChI=1S/C32H57NO3/c1-4-7-8-9-10-11-12-13-24-35-31-21-16-29(17-22-31)25-33-30-19-14-28(15-20-30)18-23-32(34)36-26-27(5-2)6-3/h18,23,25,27-31H,4-17,19-22,24,26H2,1-3H3. The molecule has 2 fully saturated rings. The zero-order valence-electron chi connectivity index (χ0n) is 23.9. The first-order valence-corrected chi connectivity index (χ1v) is 15.6. The fourth-order valence-corrected chi connectivity index (χ4v) is 5.56. The van der Waals surface area contributed by atoms with E-state index >= 15 is 0 Å². The van der Waals surface area contributed by atoms with Crippen molar-refractivity contribution in [3.8, 4) is 0 Å². The Morgan fingerprint density at radius 3 is 2.06 bits per heavy atom. The summed E-state index contributed by atoms with van der Waals surface area (Å²) in [5.74, 6) is 1.43. The predicted molar refractivity (Wildman–Crippen MR) is 153 cm³/mol. The topological polar surface area (TPSA) is 47.9 Å². The summed E-state index contributed by atoms with van der Waals surface area (Å²) in [6.07, 6.45) is 28.8. The van der Waals surface area contributed by atoms with Crippen LogP contribution in [-0.4, -0.2) is 37.5 Å². The molecule has 36 heavy (non-hydrogen) atoms. The molecule has 0 bridgehead atoms. The van der Waals surface area contributed by atoms with Gasteiger partial charge in [0.2, 0.25) is 0 Å². The SMILES string of the molecule is CCCCCCCCCCOC1CCC(C=NC2CCC(C=CC(=O)OCC(CC)CC)CC2)CC1. The Balaban J connectivity index is 1.50. The fourth-order valence-electron chi connectivity index (χ4n) is 5.56. The molecule has 0 saturated heterocycles. The monoisotopic (exact) mass is 503 g/mol. The van der Waals surface area contributed by atoms with Crippen LogP contribution in [0.4, 0.5) is 0 Å². The van der Waals surface area contributed by atoms with Gasteiger partial charge in [0, 0.05) is 24.9 Å².